The summed E-state index contributed by atoms with van der Waals surface area (Å²) in [5.41, 5.74) is -0.398. The van der Waals surface area contributed by atoms with Crippen molar-refractivity contribution < 1.29 is 18.1 Å². The van der Waals surface area contributed by atoms with E-state index in [0.717, 1.165) is 12.1 Å². The number of hydrogen-bond acceptors (Lipinski definition) is 3. The lowest BCUT2D eigenvalue weighted by Gasteiger charge is -2.33. The van der Waals surface area contributed by atoms with E-state index >= 15 is 0 Å². The third-order valence-electron chi connectivity index (χ3n) is 3.64. The van der Waals surface area contributed by atoms with Crippen LogP contribution in [-0.4, -0.2) is 23.4 Å². The summed E-state index contributed by atoms with van der Waals surface area (Å²) in [5, 5.41) is 10.6. The first-order valence-electron chi connectivity index (χ1n) is 6.45. The number of halogens is 3. The lowest BCUT2D eigenvalue weighted by atomic mass is 10.1. The zero-order chi connectivity index (χ0) is 14.9. The van der Waals surface area contributed by atoms with E-state index in [1.807, 2.05) is 0 Å². The molecule has 110 valence electrons. The number of non-ortho nitro benzene ring substituents is 1. The van der Waals surface area contributed by atoms with Gasteiger partial charge in [0.25, 0.3) is 11.6 Å². The first-order chi connectivity index (χ1) is 9.36. The zero-order valence-electron chi connectivity index (χ0n) is 11.0. The number of nitro groups is 1. The molecule has 1 fully saturated rings. The monoisotopic (exact) mass is 288 g/mol. The van der Waals surface area contributed by atoms with Gasteiger partial charge in [-0.3, -0.25) is 10.1 Å². The number of rotatable bonds is 4. The van der Waals surface area contributed by atoms with Gasteiger partial charge in [-0.15, -0.1) is 0 Å². The molecular formula is C13H15F3N2O2. The fourth-order valence-corrected chi connectivity index (χ4v) is 2.69. The van der Waals surface area contributed by atoms with Crippen LogP contribution in [-0.2, 0) is 0 Å². The highest BCUT2D eigenvalue weighted by atomic mass is 19.3. The number of nitro benzene ring substituents is 1. The lowest BCUT2D eigenvalue weighted by Crippen LogP contribution is -2.44. The number of alkyl halides is 2. The Morgan fingerprint density at radius 2 is 2.20 bits per heavy atom. The van der Waals surface area contributed by atoms with Gasteiger partial charge in [0, 0.05) is 19.0 Å². The van der Waals surface area contributed by atoms with Crippen molar-refractivity contribution in [1.82, 2.24) is 0 Å². The molecule has 0 radical (unpaired) electrons. The van der Waals surface area contributed by atoms with Crippen molar-refractivity contribution in [2.75, 3.05) is 11.4 Å². The molecule has 1 aliphatic carbocycles. The van der Waals surface area contributed by atoms with Crippen molar-refractivity contribution in [3.63, 3.8) is 0 Å². The summed E-state index contributed by atoms with van der Waals surface area (Å²) in [6.07, 6.45) is 0.475. The van der Waals surface area contributed by atoms with Gasteiger partial charge in [0.05, 0.1) is 22.7 Å². The average Bonchev–Trinajstić information content (AvgIpc) is 2.72. The maximum Gasteiger partial charge on any atom is 0.272 e. The van der Waals surface area contributed by atoms with Crippen molar-refractivity contribution in [1.29, 1.82) is 0 Å². The first kappa shape index (κ1) is 14.6. The maximum atomic E-state index is 14.0. The SMILES string of the molecule is CCN(c1ccc([N+](=O)[O-])cc1F)C1CCCC1(F)F. The molecule has 1 unspecified atom stereocenters. The van der Waals surface area contributed by atoms with Crippen molar-refractivity contribution in [3.8, 4) is 0 Å². The minimum Gasteiger partial charge on any atom is -0.360 e. The van der Waals surface area contributed by atoms with Gasteiger partial charge in [0.2, 0.25) is 0 Å². The van der Waals surface area contributed by atoms with Crippen LogP contribution >= 0.6 is 0 Å². The lowest BCUT2D eigenvalue weighted by molar-refractivity contribution is -0.385. The molecule has 0 spiro atoms. The second-order valence-corrected chi connectivity index (χ2v) is 4.85. The van der Waals surface area contributed by atoms with Gasteiger partial charge < -0.3 is 4.90 Å². The predicted octanol–water partition coefficient (Wildman–Crippen LogP) is 3.75. The van der Waals surface area contributed by atoms with Crippen LogP contribution < -0.4 is 4.90 Å². The molecule has 1 atom stereocenters. The van der Waals surface area contributed by atoms with Crippen molar-refractivity contribution >= 4 is 11.4 Å². The Morgan fingerprint density at radius 3 is 2.65 bits per heavy atom. The Bertz CT molecular complexity index is 522. The van der Waals surface area contributed by atoms with Crippen LogP contribution in [0.4, 0.5) is 24.5 Å². The normalized spacial score (nSPS) is 20.9. The molecule has 0 N–H and O–H groups in total. The number of benzene rings is 1. The van der Waals surface area contributed by atoms with E-state index in [-0.39, 0.29) is 30.8 Å². The summed E-state index contributed by atoms with van der Waals surface area (Å²) < 4.78 is 41.6. The van der Waals surface area contributed by atoms with Gasteiger partial charge in [-0.2, -0.15) is 0 Å². The summed E-state index contributed by atoms with van der Waals surface area (Å²) in [6.45, 7) is 1.88. The summed E-state index contributed by atoms with van der Waals surface area (Å²) in [5.74, 6) is -3.70. The van der Waals surface area contributed by atoms with E-state index < -0.39 is 22.7 Å². The molecule has 0 heterocycles. The Balaban J connectivity index is 2.35. The minimum absolute atomic E-state index is 0.00956. The first-order valence-corrected chi connectivity index (χ1v) is 6.45. The third kappa shape index (κ3) is 2.57. The third-order valence-corrected chi connectivity index (χ3v) is 3.64. The van der Waals surface area contributed by atoms with Gasteiger partial charge in [0.15, 0.2) is 5.82 Å². The molecule has 0 bridgehead atoms. The van der Waals surface area contributed by atoms with E-state index in [2.05, 4.69) is 0 Å². The Hall–Kier alpha value is -1.79. The molecule has 1 aromatic carbocycles. The van der Waals surface area contributed by atoms with Crippen LogP contribution in [0.1, 0.15) is 26.2 Å². The molecule has 1 saturated carbocycles. The smallest absolute Gasteiger partial charge is 0.272 e. The van der Waals surface area contributed by atoms with Crippen molar-refractivity contribution in [2.24, 2.45) is 0 Å². The molecule has 0 aliphatic heterocycles. The van der Waals surface area contributed by atoms with Gasteiger partial charge >= 0.3 is 0 Å². The van der Waals surface area contributed by atoms with E-state index in [4.69, 9.17) is 0 Å². The van der Waals surface area contributed by atoms with E-state index in [9.17, 15) is 23.3 Å². The zero-order valence-corrected chi connectivity index (χ0v) is 11.0. The minimum atomic E-state index is -2.86. The van der Waals surface area contributed by atoms with Gasteiger partial charge in [-0.25, -0.2) is 13.2 Å². The van der Waals surface area contributed by atoms with Gasteiger partial charge in [-0.1, -0.05) is 0 Å². The molecule has 4 nitrogen and oxygen atoms in total. The second kappa shape index (κ2) is 5.30. The van der Waals surface area contributed by atoms with Crippen LogP contribution in [0.15, 0.2) is 18.2 Å². The number of nitrogens with zero attached hydrogens (tertiary/aromatic N) is 2. The predicted molar refractivity (Wildman–Crippen MR) is 68.7 cm³/mol. The summed E-state index contributed by atoms with van der Waals surface area (Å²) >= 11 is 0. The summed E-state index contributed by atoms with van der Waals surface area (Å²) in [4.78, 5) is 11.2. The number of hydrogen-bond donors (Lipinski definition) is 0. The van der Waals surface area contributed by atoms with Crippen molar-refractivity contribution in [3.05, 3.63) is 34.1 Å². The van der Waals surface area contributed by atoms with Crippen LogP contribution in [0.25, 0.3) is 0 Å². The van der Waals surface area contributed by atoms with E-state index in [1.54, 1.807) is 6.92 Å². The quantitative estimate of drug-likeness (QED) is 0.626. The number of anilines is 1. The average molecular weight is 288 g/mol. The molecule has 0 amide bonds. The Morgan fingerprint density at radius 1 is 1.50 bits per heavy atom. The highest BCUT2D eigenvalue weighted by molar-refractivity contribution is 5.53. The van der Waals surface area contributed by atoms with E-state index in [0.29, 0.717) is 6.42 Å². The van der Waals surface area contributed by atoms with Crippen LogP contribution in [0, 0.1) is 15.9 Å². The van der Waals surface area contributed by atoms with Crippen LogP contribution in [0.3, 0.4) is 0 Å². The fourth-order valence-electron chi connectivity index (χ4n) is 2.69. The molecule has 0 saturated heterocycles. The van der Waals surface area contributed by atoms with Crippen molar-refractivity contribution in [2.45, 2.75) is 38.2 Å². The summed E-state index contributed by atoms with van der Waals surface area (Å²) in [6, 6.07) is 2.05. The van der Waals surface area contributed by atoms with Crippen LogP contribution in [0.2, 0.25) is 0 Å². The van der Waals surface area contributed by atoms with Crippen LogP contribution in [0.5, 0.6) is 0 Å². The molecule has 7 heteroatoms. The fraction of sp³-hybridized carbons (Fsp3) is 0.538. The molecule has 1 aromatic rings. The second-order valence-electron chi connectivity index (χ2n) is 4.85. The largest absolute Gasteiger partial charge is 0.360 e. The molecule has 2 rings (SSSR count). The van der Waals surface area contributed by atoms with Gasteiger partial charge in [-0.05, 0) is 25.8 Å². The summed E-state index contributed by atoms with van der Waals surface area (Å²) in [7, 11) is 0. The molecular weight excluding hydrogens is 273 g/mol. The van der Waals surface area contributed by atoms with Gasteiger partial charge in [0.1, 0.15) is 0 Å². The molecule has 1 aliphatic rings. The highest BCUT2D eigenvalue weighted by Gasteiger charge is 2.47. The maximum absolute atomic E-state index is 14.0. The molecule has 20 heavy (non-hydrogen) atoms. The Labute approximate surface area is 114 Å². The Kier molecular flexibility index (Phi) is 3.87. The van der Waals surface area contributed by atoms with E-state index in [1.165, 1.54) is 11.0 Å². The highest BCUT2D eigenvalue weighted by Crippen LogP contribution is 2.40. The molecule has 0 aromatic heterocycles. The standard InChI is InChI=1S/C13H15F3N2O2/c1-2-17(12-4-3-7-13(12,15)16)11-6-5-9(18(19)20)8-10(11)14/h5-6,8,12H,2-4,7H2,1H3. The topological polar surface area (TPSA) is 46.4 Å².